The average Bonchev–Trinajstić information content (AvgIpc) is 2.84. The van der Waals surface area contributed by atoms with Crippen molar-refractivity contribution in [3.8, 4) is 17.0 Å². The van der Waals surface area contributed by atoms with Gasteiger partial charge < -0.3 is 15.0 Å². The van der Waals surface area contributed by atoms with E-state index >= 15 is 0 Å². The summed E-state index contributed by atoms with van der Waals surface area (Å²) < 4.78 is 5.43. The number of aryl methyl sites for hydroxylation is 1. The maximum absolute atomic E-state index is 12.8. The lowest BCUT2D eigenvalue weighted by molar-refractivity contribution is -0.120. The van der Waals surface area contributed by atoms with Crippen LogP contribution in [0.2, 0.25) is 0 Å². The zero-order valence-electron chi connectivity index (χ0n) is 18.0. The van der Waals surface area contributed by atoms with Gasteiger partial charge in [0.15, 0.2) is 5.82 Å². The lowest BCUT2D eigenvalue weighted by Gasteiger charge is -2.32. The highest BCUT2D eigenvalue weighted by Crippen LogP contribution is 2.29. The second-order valence-corrected chi connectivity index (χ2v) is 7.80. The predicted octanol–water partition coefficient (Wildman–Crippen LogP) is 4.57. The van der Waals surface area contributed by atoms with Gasteiger partial charge >= 0.3 is 0 Å². The van der Waals surface area contributed by atoms with Crippen molar-refractivity contribution in [2.24, 2.45) is 5.92 Å². The summed E-state index contributed by atoms with van der Waals surface area (Å²) in [6.07, 6.45) is 2.81. The number of amides is 1. The zero-order valence-corrected chi connectivity index (χ0v) is 18.0. The number of ether oxygens (including phenoxy) is 1. The van der Waals surface area contributed by atoms with Crippen molar-refractivity contribution in [3.05, 3.63) is 66.2 Å². The number of hydrogen-bond donors (Lipinski definition) is 1. The second kappa shape index (κ2) is 9.60. The molecule has 1 saturated heterocycles. The van der Waals surface area contributed by atoms with E-state index in [9.17, 15) is 4.79 Å². The Morgan fingerprint density at radius 2 is 1.90 bits per heavy atom. The molecule has 1 aromatic heterocycles. The lowest BCUT2D eigenvalue weighted by atomic mass is 9.97. The topological polar surface area (TPSA) is 67.4 Å². The van der Waals surface area contributed by atoms with Crippen LogP contribution in [0.25, 0.3) is 11.3 Å². The van der Waals surface area contributed by atoms with Crippen molar-refractivity contribution in [1.29, 1.82) is 0 Å². The number of aromatic nitrogens is 2. The van der Waals surface area contributed by atoms with Crippen LogP contribution in [0.3, 0.4) is 0 Å². The van der Waals surface area contributed by atoms with Gasteiger partial charge in [-0.3, -0.25) is 4.79 Å². The van der Waals surface area contributed by atoms with E-state index in [4.69, 9.17) is 4.74 Å². The number of piperidine rings is 1. The highest BCUT2D eigenvalue weighted by molar-refractivity contribution is 5.93. The lowest BCUT2D eigenvalue weighted by Crippen LogP contribution is -2.41. The summed E-state index contributed by atoms with van der Waals surface area (Å²) in [6, 6.07) is 19.8. The summed E-state index contributed by atoms with van der Waals surface area (Å²) in [7, 11) is 1.65. The van der Waals surface area contributed by atoms with Crippen LogP contribution in [0, 0.1) is 5.92 Å². The molecule has 1 fully saturated rings. The molecule has 0 saturated carbocycles. The molecule has 1 unspecified atom stereocenters. The van der Waals surface area contributed by atoms with Gasteiger partial charge in [0, 0.05) is 24.3 Å². The van der Waals surface area contributed by atoms with Crippen molar-refractivity contribution < 1.29 is 9.53 Å². The number of para-hydroxylation sites is 1. The fourth-order valence-electron chi connectivity index (χ4n) is 3.96. The summed E-state index contributed by atoms with van der Waals surface area (Å²) in [5.41, 5.74) is 3.79. The third-order valence-corrected chi connectivity index (χ3v) is 5.78. The molecule has 1 aliphatic rings. The monoisotopic (exact) mass is 416 g/mol. The number of rotatable bonds is 6. The summed E-state index contributed by atoms with van der Waals surface area (Å²) in [6.45, 7) is 3.63. The number of nitrogens with zero attached hydrogens (tertiary/aromatic N) is 3. The Balaban J connectivity index is 1.42. The normalized spacial score (nSPS) is 16.1. The first-order valence-electron chi connectivity index (χ1n) is 10.8. The molecule has 0 radical (unpaired) electrons. The predicted molar refractivity (Wildman–Crippen MR) is 123 cm³/mol. The molecule has 3 aromatic rings. The van der Waals surface area contributed by atoms with Gasteiger partial charge in [0.1, 0.15) is 5.75 Å². The minimum atomic E-state index is -0.0738. The van der Waals surface area contributed by atoms with Crippen LogP contribution in [-0.4, -0.2) is 36.3 Å². The van der Waals surface area contributed by atoms with Gasteiger partial charge in [-0.25, -0.2) is 0 Å². The Morgan fingerprint density at radius 1 is 1.10 bits per heavy atom. The van der Waals surface area contributed by atoms with Crippen LogP contribution in [0.1, 0.15) is 25.3 Å². The average molecular weight is 417 g/mol. The Labute approximate surface area is 183 Å². The van der Waals surface area contributed by atoms with Gasteiger partial charge in [-0.1, -0.05) is 31.2 Å². The molecule has 2 heterocycles. The molecule has 2 aromatic carbocycles. The molecule has 0 aliphatic carbocycles. The van der Waals surface area contributed by atoms with E-state index in [0.29, 0.717) is 6.54 Å². The molecule has 1 aliphatic heterocycles. The number of carbonyl (C=O) groups excluding carboxylic acids is 1. The SMILES string of the molecule is CCc1ccc(NC(=O)C2CCCN(c3ccc(-c4ccccc4OC)nn3)C2)cc1. The first-order valence-corrected chi connectivity index (χ1v) is 10.8. The number of nitrogens with one attached hydrogen (secondary N) is 1. The van der Waals surface area contributed by atoms with E-state index in [2.05, 4.69) is 39.5 Å². The number of anilines is 2. The van der Waals surface area contributed by atoms with E-state index in [1.807, 2.05) is 48.5 Å². The largest absolute Gasteiger partial charge is 0.496 e. The third-order valence-electron chi connectivity index (χ3n) is 5.78. The van der Waals surface area contributed by atoms with Crippen LogP contribution in [-0.2, 0) is 11.2 Å². The van der Waals surface area contributed by atoms with Gasteiger partial charge in [-0.05, 0) is 61.2 Å². The molecular weight excluding hydrogens is 388 g/mol. The maximum Gasteiger partial charge on any atom is 0.229 e. The highest BCUT2D eigenvalue weighted by Gasteiger charge is 2.27. The van der Waals surface area contributed by atoms with Gasteiger partial charge in [0.2, 0.25) is 5.91 Å². The standard InChI is InChI=1S/C25H28N4O2/c1-3-18-10-12-20(13-11-18)26-25(30)19-7-6-16-29(17-19)24-15-14-22(27-28-24)21-8-4-5-9-23(21)31-2/h4-5,8-15,19H,3,6-7,16-17H2,1-2H3,(H,26,30). The molecule has 31 heavy (non-hydrogen) atoms. The number of benzene rings is 2. The van der Waals surface area contributed by atoms with Gasteiger partial charge in [0.25, 0.3) is 0 Å². The van der Waals surface area contributed by atoms with Crippen molar-refractivity contribution in [3.63, 3.8) is 0 Å². The van der Waals surface area contributed by atoms with Crippen molar-refractivity contribution >= 4 is 17.4 Å². The molecule has 6 heteroatoms. The third kappa shape index (κ3) is 4.85. The van der Waals surface area contributed by atoms with Crippen LogP contribution in [0.4, 0.5) is 11.5 Å². The molecule has 6 nitrogen and oxygen atoms in total. The molecule has 0 bridgehead atoms. The Kier molecular flexibility index (Phi) is 6.46. The Morgan fingerprint density at radius 3 is 2.61 bits per heavy atom. The molecule has 4 rings (SSSR count). The summed E-state index contributed by atoms with van der Waals surface area (Å²) in [5, 5.41) is 11.9. The van der Waals surface area contributed by atoms with E-state index in [1.165, 1.54) is 5.56 Å². The first kappa shape index (κ1) is 20.8. The molecule has 1 atom stereocenters. The number of carbonyl (C=O) groups is 1. The Bertz CT molecular complexity index is 1020. The summed E-state index contributed by atoms with van der Waals surface area (Å²) in [4.78, 5) is 15.0. The molecule has 1 amide bonds. The van der Waals surface area contributed by atoms with Crippen LogP contribution < -0.4 is 15.0 Å². The van der Waals surface area contributed by atoms with Crippen molar-refractivity contribution in [2.45, 2.75) is 26.2 Å². The van der Waals surface area contributed by atoms with Crippen LogP contribution in [0.5, 0.6) is 5.75 Å². The van der Waals surface area contributed by atoms with E-state index in [-0.39, 0.29) is 11.8 Å². The van der Waals surface area contributed by atoms with E-state index in [1.54, 1.807) is 7.11 Å². The highest BCUT2D eigenvalue weighted by atomic mass is 16.5. The van der Waals surface area contributed by atoms with Crippen molar-refractivity contribution in [1.82, 2.24) is 10.2 Å². The van der Waals surface area contributed by atoms with Crippen LogP contribution >= 0.6 is 0 Å². The Hall–Kier alpha value is -3.41. The number of methoxy groups -OCH3 is 1. The molecular formula is C25H28N4O2. The zero-order chi connectivity index (χ0) is 21.6. The summed E-state index contributed by atoms with van der Waals surface area (Å²) in [5.74, 6) is 1.55. The fraction of sp³-hybridized carbons (Fsp3) is 0.320. The van der Waals surface area contributed by atoms with Gasteiger partial charge in [-0.2, -0.15) is 0 Å². The van der Waals surface area contributed by atoms with E-state index in [0.717, 1.165) is 54.3 Å². The smallest absolute Gasteiger partial charge is 0.229 e. The minimum Gasteiger partial charge on any atom is -0.496 e. The molecule has 160 valence electrons. The molecule has 1 N–H and O–H groups in total. The quantitative estimate of drug-likeness (QED) is 0.638. The molecule has 0 spiro atoms. The maximum atomic E-state index is 12.8. The second-order valence-electron chi connectivity index (χ2n) is 7.80. The van der Waals surface area contributed by atoms with Gasteiger partial charge in [0.05, 0.1) is 18.7 Å². The van der Waals surface area contributed by atoms with Gasteiger partial charge in [-0.15, -0.1) is 10.2 Å². The summed E-state index contributed by atoms with van der Waals surface area (Å²) >= 11 is 0. The minimum absolute atomic E-state index is 0.0625. The number of hydrogen-bond acceptors (Lipinski definition) is 5. The first-order chi connectivity index (χ1) is 15.2. The van der Waals surface area contributed by atoms with Crippen molar-refractivity contribution in [2.75, 3.05) is 30.4 Å². The van der Waals surface area contributed by atoms with Crippen LogP contribution in [0.15, 0.2) is 60.7 Å². The fourth-order valence-corrected chi connectivity index (χ4v) is 3.96. The van der Waals surface area contributed by atoms with E-state index < -0.39 is 0 Å².